The van der Waals surface area contributed by atoms with Crippen LogP contribution in [0.5, 0.6) is 0 Å². The number of carbonyl (C=O) groups is 2. The normalized spacial score (nSPS) is 13.1. The molecule has 0 aliphatic heterocycles. The lowest BCUT2D eigenvalue weighted by Gasteiger charge is -2.29. The Morgan fingerprint density at radius 1 is 0.955 bits per heavy atom. The Labute approximate surface area is 134 Å². The molecule has 0 aliphatic carbocycles. The van der Waals surface area contributed by atoms with Crippen molar-refractivity contribution in [3.05, 3.63) is 24.3 Å². The van der Waals surface area contributed by atoms with E-state index >= 15 is 0 Å². The zero-order valence-corrected chi connectivity index (χ0v) is 14.5. The SMILES string of the molecule is C=C(C)C(=O)OCCC(C)(CCCCCC)OC(=O)C(=C)C. The lowest BCUT2D eigenvalue weighted by atomic mass is 9.94. The standard InChI is InChI=1S/C18H30O4/c1-7-8-9-10-11-18(6,22-17(20)15(4)5)12-13-21-16(19)14(2)3/h2,4,7-13H2,1,3,5-6H3. The number of carbonyl (C=O) groups excluding carboxylic acids is 2. The zero-order chi connectivity index (χ0) is 17.2. The Morgan fingerprint density at radius 3 is 2.05 bits per heavy atom. The number of rotatable bonds is 11. The van der Waals surface area contributed by atoms with Gasteiger partial charge in [-0.05, 0) is 33.6 Å². The first kappa shape index (κ1) is 20.4. The monoisotopic (exact) mass is 310 g/mol. The van der Waals surface area contributed by atoms with Gasteiger partial charge in [0.25, 0.3) is 0 Å². The second-order valence-electron chi connectivity index (χ2n) is 6.10. The molecule has 0 spiro atoms. The van der Waals surface area contributed by atoms with E-state index in [1.807, 2.05) is 6.92 Å². The van der Waals surface area contributed by atoms with Crippen molar-refractivity contribution in [2.45, 2.75) is 71.8 Å². The Hall–Kier alpha value is -1.58. The summed E-state index contributed by atoms with van der Waals surface area (Å²) in [5, 5.41) is 0. The highest BCUT2D eigenvalue weighted by atomic mass is 16.6. The minimum absolute atomic E-state index is 0.208. The number of esters is 2. The average molecular weight is 310 g/mol. The molecule has 0 aliphatic rings. The molecule has 22 heavy (non-hydrogen) atoms. The zero-order valence-electron chi connectivity index (χ0n) is 14.5. The summed E-state index contributed by atoms with van der Waals surface area (Å²) in [6, 6.07) is 0. The van der Waals surface area contributed by atoms with E-state index in [0.29, 0.717) is 17.6 Å². The fourth-order valence-corrected chi connectivity index (χ4v) is 1.95. The summed E-state index contributed by atoms with van der Waals surface area (Å²) in [5.74, 6) is -0.816. The highest BCUT2D eigenvalue weighted by Gasteiger charge is 2.29. The van der Waals surface area contributed by atoms with Crippen LogP contribution in [-0.2, 0) is 19.1 Å². The number of hydrogen-bond donors (Lipinski definition) is 0. The van der Waals surface area contributed by atoms with E-state index in [1.54, 1.807) is 13.8 Å². The Bertz CT molecular complexity index is 411. The topological polar surface area (TPSA) is 52.6 Å². The van der Waals surface area contributed by atoms with Gasteiger partial charge in [-0.1, -0.05) is 39.3 Å². The van der Waals surface area contributed by atoms with Crippen LogP contribution in [0.2, 0.25) is 0 Å². The third-order valence-corrected chi connectivity index (χ3v) is 3.46. The van der Waals surface area contributed by atoms with E-state index in [0.717, 1.165) is 32.1 Å². The lowest BCUT2D eigenvalue weighted by Crippen LogP contribution is -2.34. The molecule has 4 heteroatoms. The highest BCUT2D eigenvalue weighted by molar-refractivity contribution is 5.87. The molecule has 0 radical (unpaired) electrons. The number of unbranched alkanes of at least 4 members (excludes halogenated alkanes) is 3. The van der Waals surface area contributed by atoms with Gasteiger partial charge in [-0.25, -0.2) is 9.59 Å². The molecule has 0 saturated carbocycles. The van der Waals surface area contributed by atoms with Crippen molar-refractivity contribution < 1.29 is 19.1 Å². The number of ether oxygens (including phenoxy) is 2. The van der Waals surface area contributed by atoms with Gasteiger partial charge in [0.15, 0.2) is 0 Å². The van der Waals surface area contributed by atoms with E-state index < -0.39 is 17.5 Å². The van der Waals surface area contributed by atoms with Crippen LogP contribution in [0, 0.1) is 0 Å². The summed E-state index contributed by atoms with van der Waals surface area (Å²) >= 11 is 0. The van der Waals surface area contributed by atoms with Crippen LogP contribution in [0.25, 0.3) is 0 Å². The van der Waals surface area contributed by atoms with Gasteiger partial charge in [0.2, 0.25) is 0 Å². The van der Waals surface area contributed by atoms with Crippen LogP contribution < -0.4 is 0 Å². The highest BCUT2D eigenvalue weighted by Crippen LogP contribution is 2.25. The first-order valence-corrected chi connectivity index (χ1v) is 7.93. The smallest absolute Gasteiger partial charge is 0.333 e. The molecular formula is C18H30O4. The average Bonchev–Trinajstić information content (AvgIpc) is 2.43. The van der Waals surface area contributed by atoms with Gasteiger partial charge in [0, 0.05) is 17.6 Å². The molecule has 4 nitrogen and oxygen atoms in total. The maximum atomic E-state index is 11.8. The van der Waals surface area contributed by atoms with Crippen molar-refractivity contribution in [1.82, 2.24) is 0 Å². The molecule has 0 bridgehead atoms. The molecule has 0 amide bonds. The molecule has 0 N–H and O–H groups in total. The van der Waals surface area contributed by atoms with Crippen molar-refractivity contribution in [2.24, 2.45) is 0 Å². The molecule has 0 saturated heterocycles. The maximum Gasteiger partial charge on any atom is 0.333 e. The molecule has 0 rings (SSSR count). The molecule has 0 aromatic heterocycles. The van der Waals surface area contributed by atoms with Crippen LogP contribution >= 0.6 is 0 Å². The van der Waals surface area contributed by atoms with Crippen LogP contribution in [0.1, 0.15) is 66.2 Å². The second kappa shape index (κ2) is 10.2. The fraction of sp³-hybridized carbons (Fsp3) is 0.667. The summed E-state index contributed by atoms with van der Waals surface area (Å²) in [4.78, 5) is 23.2. The van der Waals surface area contributed by atoms with E-state index in [2.05, 4.69) is 20.1 Å². The van der Waals surface area contributed by atoms with E-state index in [4.69, 9.17) is 9.47 Å². The predicted molar refractivity (Wildman–Crippen MR) is 88.5 cm³/mol. The third kappa shape index (κ3) is 8.65. The number of hydrogen-bond acceptors (Lipinski definition) is 4. The Balaban J connectivity index is 4.55. The molecular weight excluding hydrogens is 280 g/mol. The Kier molecular flexibility index (Phi) is 9.46. The molecule has 1 atom stereocenters. The summed E-state index contributed by atoms with van der Waals surface area (Å²) in [5.41, 5.74) is 0.0985. The largest absolute Gasteiger partial charge is 0.462 e. The minimum Gasteiger partial charge on any atom is -0.462 e. The summed E-state index contributed by atoms with van der Waals surface area (Å²) < 4.78 is 10.7. The van der Waals surface area contributed by atoms with Gasteiger partial charge in [0.1, 0.15) is 5.60 Å². The van der Waals surface area contributed by atoms with E-state index in [1.165, 1.54) is 0 Å². The summed E-state index contributed by atoms with van der Waals surface area (Å²) in [6.45, 7) is 14.6. The molecule has 0 aromatic carbocycles. The predicted octanol–water partition coefficient (Wildman–Crippen LogP) is 4.34. The van der Waals surface area contributed by atoms with Crippen LogP contribution in [0.4, 0.5) is 0 Å². The molecule has 0 heterocycles. The van der Waals surface area contributed by atoms with E-state index in [9.17, 15) is 9.59 Å². The van der Waals surface area contributed by atoms with Gasteiger partial charge in [-0.2, -0.15) is 0 Å². The lowest BCUT2D eigenvalue weighted by molar-refractivity contribution is -0.156. The van der Waals surface area contributed by atoms with Crippen LogP contribution in [0.3, 0.4) is 0 Å². The van der Waals surface area contributed by atoms with Crippen molar-refractivity contribution >= 4 is 11.9 Å². The van der Waals surface area contributed by atoms with Gasteiger partial charge < -0.3 is 9.47 Å². The minimum atomic E-state index is -0.640. The van der Waals surface area contributed by atoms with Gasteiger partial charge in [0.05, 0.1) is 6.61 Å². The molecule has 0 fully saturated rings. The van der Waals surface area contributed by atoms with Gasteiger partial charge in [-0.15, -0.1) is 0 Å². The first-order chi connectivity index (χ1) is 10.2. The van der Waals surface area contributed by atoms with Crippen molar-refractivity contribution in [1.29, 1.82) is 0 Å². The van der Waals surface area contributed by atoms with Crippen molar-refractivity contribution in [3.63, 3.8) is 0 Å². The molecule has 0 aromatic rings. The van der Waals surface area contributed by atoms with Gasteiger partial charge >= 0.3 is 11.9 Å². The van der Waals surface area contributed by atoms with Crippen LogP contribution in [0.15, 0.2) is 24.3 Å². The van der Waals surface area contributed by atoms with E-state index in [-0.39, 0.29) is 6.61 Å². The Morgan fingerprint density at radius 2 is 1.55 bits per heavy atom. The van der Waals surface area contributed by atoms with Crippen LogP contribution in [-0.4, -0.2) is 24.1 Å². The first-order valence-electron chi connectivity index (χ1n) is 7.93. The maximum absolute atomic E-state index is 11.8. The molecule has 1 unspecified atom stereocenters. The summed E-state index contributed by atoms with van der Waals surface area (Å²) in [6.07, 6.45) is 5.60. The summed E-state index contributed by atoms with van der Waals surface area (Å²) in [7, 11) is 0. The molecule has 126 valence electrons. The quantitative estimate of drug-likeness (QED) is 0.323. The second-order valence-corrected chi connectivity index (χ2v) is 6.10. The van der Waals surface area contributed by atoms with Crippen molar-refractivity contribution in [3.8, 4) is 0 Å². The fourth-order valence-electron chi connectivity index (χ4n) is 1.95. The van der Waals surface area contributed by atoms with Crippen molar-refractivity contribution in [2.75, 3.05) is 6.61 Å². The van der Waals surface area contributed by atoms with Gasteiger partial charge in [-0.3, -0.25) is 0 Å². The third-order valence-electron chi connectivity index (χ3n) is 3.46.